The summed E-state index contributed by atoms with van der Waals surface area (Å²) in [5, 5.41) is 14.1. The van der Waals surface area contributed by atoms with Gasteiger partial charge in [-0.1, -0.05) is 91.6 Å². The molecule has 5 aromatic rings. The molecule has 0 fully saturated rings. The number of aromatic amines is 1. The molecule has 0 radical (unpaired) electrons. The molecule has 0 spiro atoms. The van der Waals surface area contributed by atoms with E-state index in [0.29, 0.717) is 0 Å². The first-order valence-electron chi connectivity index (χ1n) is 10.5. The number of H-pyrrole nitrogens is 1. The van der Waals surface area contributed by atoms with Crippen molar-refractivity contribution in [3.05, 3.63) is 96.1 Å². The molecule has 0 aliphatic heterocycles. The van der Waals surface area contributed by atoms with Gasteiger partial charge in [-0.25, -0.2) is 0 Å². The van der Waals surface area contributed by atoms with Gasteiger partial charge in [0, 0.05) is 11.5 Å². The van der Waals surface area contributed by atoms with Gasteiger partial charge >= 0.3 is 10.1 Å². The SMILES string of the molecule is CC1(C)c2cc(-c3ccccc3)ccc2-c2cc(-c3[nH+]c4ccccc4s3)c([O-])cc21.[Be+2]. The summed E-state index contributed by atoms with van der Waals surface area (Å²) in [5.74, 6) is 0.0747. The molecule has 1 N–H and O–H groups in total. The van der Waals surface area contributed by atoms with Crippen molar-refractivity contribution in [1.29, 1.82) is 0 Å². The molecule has 1 heterocycles. The third-order valence-corrected chi connectivity index (χ3v) is 7.58. The van der Waals surface area contributed by atoms with Gasteiger partial charge in [0.25, 0.3) is 5.01 Å². The number of hydrogen-bond donors (Lipinski definition) is 0. The standard InChI is InChI=1S/C28H21NOS.Be/c1-28(2)22-14-18(17-8-4-3-5-9-17)12-13-19(22)20-15-21(25(30)16-23(20)28)27-29-24-10-6-7-11-26(24)31-27;/h3-16,30H,1-2H3;/q;+2. The monoisotopic (exact) mass is 428 g/mol. The molecule has 4 heteroatoms. The van der Waals surface area contributed by atoms with Gasteiger partial charge < -0.3 is 5.11 Å². The van der Waals surface area contributed by atoms with Gasteiger partial charge in [0.05, 0.1) is 5.56 Å². The Labute approximate surface area is 195 Å². The van der Waals surface area contributed by atoms with Gasteiger partial charge in [0.15, 0.2) is 0 Å². The number of thiazole rings is 1. The zero-order valence-corrected chi connectivity index (χ0v) is 18.9. The Morgan fingerprint density at radius 2 is 1.44 bits per heavy atom. The van der Waals surface area contributed by atoms with Crippen LogP contribution in [0.2, 0.25) is 0 Å². The number of nitrogens with one attached hydrogen (secondary N) is 1. The topological polar surface area (TPSA) is 37.2 Å². The van der Waals surface area contributed by atoms with Crippen molar-refractivity contribution in [2.24, 2.45) is 0 Å². The van der Waals surface area contributed by atoms with Crippen LogP contribution in [0.5, 0.6) is 5.75 Å². The molecule has 1 aliphatic rings. The van der Waals surface area contributed by atoms with E-state index in [2.05, 4.69) is 79.5 Å². The zero-order valence-electron chi connectivity index (χ0n) is 18.1. The Hall–Kier alpha value is -3.26. The van der Waals surface area contributed by atoms with Crippen LogP contribution in [0.15, 0.2) is 84.9 Å². The van der Waals surface area contributed by atoms with Gasteiger partial charge in [-0.3, -0.25) is 0 Å². The fraction of sp³-hybridized carbons (Fsp3) is 0.107. The van der Waals surface area contributed by atoms with Gasteiger partial charge in [-0.05, 0) is 51.6 Å². The van der Waals surface area contributed by atoms with Gasteiger partial charge in [-0.2, -0.15) is 4.98 Å². The van der Waals surface area contributed by atoms with Crippen molar-refractivity contribution in [3.8, 4) is 38.6 Å². The first kappa shape index (κ1) is 20.6. The maximum atomic E-state index is 13.2. The molecule has 0 atom stereocenters. The molecular weight excluding hydrogens is 407 g/mol. The number of aromatic nitrogens is 1. The summed E-state index contributed by atoms with van der Waals surface area (Å²) in [6, 6.07) is 29.3. The molecule has 150 valence electrons. The summed E-state index contributed by atoms with van der Waals surface area (Å²) in [6.07, 6.45) is 0. The molecule has 1 aliphatic carbocycles. The summed E-state index contributed by atoms with van der Waals surface area (Å²) in [5.41, 5.74) is 8.80. The third kappa shape index (κ3) is 3.01. The van der Waals surface area contributed by atoms with Crippen LogP contribution in [0.4, 0.5) is 0 Å². The van der Waals surface area contributed by atoms with Crippen molar-refractivity contribution in [3.63, 3.8) is 0 Å². The average Bonchev–Trinajstić information content (AvgIpc) is 3.31. The van der Waals surface area contributed by atoms with Gasteiger partial charge in [0.2, 0.25) is 5.52 Å². The van der Waals surface area contributed by atoms with Crippen molar-refractivity contribution in [2.75, 3.05) is 0 Å². The molecular formula is C28H21BeNOS+2. The molecule has 0 amide bonds. The van der Waals surface area contributed by atoms with E-state index in [-0.39, 0.29) is 21.3 Å². The normalized spacial score (nSPS) is 13.4. The minimum atomic E-state index is -0.211. The van der Waals surface area contributed by atoms with E-state index in [1.54, 1.807) is 11.3 Å². The number of fused-ring (bicyclic) bond motifs is 4. The molecule has 4 aromatic carbocycles. The summed E-state index contributed by atoms with van der Waals surface area (Å²) in [7, 11) is 0. The Morgan fingerprint density at radius 1 is 0.719 bits per heavy atom. The van der Waals surface area contributed by atoms with Crippen molar-refractivity contribution in [1.82, 2.24) is 0 Å². The quantitative estimate of drug-likeness (QED) is 0.315. The number of benzene rings is 4. The number of hydrogen-bond acceptors (Lipinski definition) is 2. The van der Waals surface area contributed by atoms with Crippen LogP contribution in [-0.4, -0.2) is 10.1 Å². The maximum absolute atomic E-state index is 13.2. The second kappa shape index (κ2) is 7.41. The van der Waals surface area contributed by atoms with Crippen LogP contribution in [0.3, 0.4) is 0 Å². The molecule has 0 bridgehead atoms. The second-order valence-electron chi connectivity index (χ2n) is 8.70. The van der Waals surface area contributed by atoms with E-state index in [1.165, 1.54) is 27.8 Å². The van der Waals surface area contributed by atoms with E-state index in [4.69, 9.17) is 0 Å². The Morgan fingerprint density at radius 3 is 2.22 bits per heavy atom. The largest absolute Gasteiger partial charge is 2.00 e. The predicted molar refractivity (Wildman–Crippen MR) is 132 cm³/mol. The van der Waals surface area contributed by atoms with Crippen molar-refractivity contribution in [2.45, 2.75) is 19.3 Å². The molecule has 32 heavy (non-hydrogen) atoms. The number of rotatable bonds is 2. The first-order valence-corrected chi connectivity index (χ1v) is 11.3. The van der Waals surface area contributed by atoms with E-state index in [1.807, 2.05) is 24.3 Å². The molecule has 0 saturated carbocycles. The van der Waals surface area contributed by atoms with Crippen molar-refractivity contribution < 1.29 is 10.1 Å². The molecule has 0 saturated heterocycles. The summed E-state index contributed by atoms with van der Waals surface area (Å²) in [4.78, 5) is 3.44. The minimum Gasteiger partial charge on any atom is -0.872 e. The maximum Gasteiger partial charge on any atom is 2.00 e. The zero-order chi connectivity index (χ0) is 21.2. The van der Waals surface area contributed by atoms with E-state index >= 15 is 0 Å². The second-order valence-corrected chi connectivity index (χ2v) is 9.75. The van der Waals surface area contributed by atoms with Crippen LogP contribution in [-0.2, 0) is 5.41 Å². The van der Waals surface area contributed by atoms with Crippen LogP contribution in [0.25, 0.3) is 43.0 Å². The molecule has 0 unspecified atom stereocenters. The predicted octanol–water partition coefficient (Wildman–Crippen LogP) is 6.05. The van der Waals surface area contributed by atoms with Gasteiger partial charge in [-0.15, -0.1) is 0 Å². The molecule has 2 nitrogen and oxygen atoms in total. The summed E-state index contributed by atoms with van der Waals surface area (Å²) < 4.78 is 1.16. The van der Waals surface area contributed by atoms with E-state index < -0.39 is 0 Å². The Balaban J connectivity index is 0.00000216. The Kier molecular flexibility index (Phi) is 4.78. The summed E-state index contributed by atoms with van der Waals surface area (Å²) >= 11 is 1.64. The van der Waals surface area contributed by atoms with E-state index in [0.717, 1.165) is 26.4 Å². The van der Waals surface area contributed by atoms with E-state index in [9.17, 15) is 5.11 Å². The smallest absolute Gasteiger partial charge is 0.872 e. The minimum absolute atomic E-state index is 0. The average molecular weight is 429 g/mol. The van der Waals surface area contributed by atoms with Crippen LogP contribution in [0.1, 0.15) is 25.0 Å². The fourth-order valence-electron chi connectivity index (χ4n) is 4.79. The van der Waals surface area contributed by atoms with Crippen LogP contribution >= 0.6 is 11.3 Å². The fourth-order valence-corrected chi connectivity index (χ4v) is 5.81. The van der Waals surface area contributed by atoms with Crippen LogP contribution < -0.4 is 10.1 Å². The Bertz CT molecular complexity index is 1440. The molecule has 6 rings (SSSR count). The third-order valence-electron chi connectivity index (χ3n) is 6.48. The van der Waals surface area contributed by atoms with Gasteiger partial charge in [0.1, 0.15) is 4.70 Å². The van der Waals surface area contributed by atoms with Crippen molar-refractivity contribution >= 4 is 31.7 Å². The summed E-state index contributed by atoms with van der Waals surface area (Å²) in [6.45, 7) is 4.44. The first-order chi connectivity index (χ1) is 15.0. The number of para-hydroxylation sites is 1. The molecule has 1 aromatic heterocycles. The van der Waals surface area contributed by atoms with Crippen LogP contribution in [0, 0.1) is 0 Å².